The summed E-state index contributed by atoms with van der Waals surface area (Å²) in [5, 5.41) is 4.69. The number of halogens is 4. The van der Waals surface area contributed by atoms with Gasteiger partial charge in [0.2, 0.25) is 0 Å². The van der Waals surface area contributed by atoms with Gasteiger partial charge >= 0.3 is 6.09 Å². The average Bonchev–Trinajstić information content (AvgIpc) is 2.37. The van der Waals surface area contributed by atoms with Gasteiger partial charge in [-0.3, -0.25) is 0 Å². The summed E-state index contributed by atoms with van der Waals surface area (Å²) in [4.78, 5) is 11.3. The predicted molar refractivity (Wildman–Crippen MR) is 82.3 cm³/mol. The van der Waals surface area contributed by atoms with E-state index in [-0.39, 0.29) is 17.1 Å². The summed E-state index contributed by atoms with van der Waals surface area (Å²) >= 11 is 5.61. The van der Waals surface area contributed by atoms with Crippen molar-refractivity contribution in [2.75, 3.05) is 13.1 Å². The van der Waals surface area contributed by atoms with Crippen LogP contribution in [0.4, 0.5) is 18.0 Å². The lowest BCUT2D eigenvalue weighted by Gasteiger charge is -2.22. The van der Waals surface area contributed by atoms with Crippen LogP contribution in [0, 0.1) is 5.82 Å². The molecular formula is C15H20ClF3N2O2. The van der Waals surface area contributed by atoms with E-state index in [0.717, 1.165) is 6.07 Å². The fraction of sp³-hybridized carbons (Fsp3) is 0.533. The number of hydrogen-bond donors (Lipinski definition) is 2. The lowest BCUT2D eigenvalue weighted by Crippen LogP contribution is -2.44. The Morgan fingerprint density at radius 3 is 2.48 bits per heavy atom. The largest absolute Gasteiger partial charge is 0.444 e. The minimum absolute atomic E-state index is 0.0783. The van der Waals surface area contributed by atoms with Crippen LogP contribution >= 0.6 is 11.6 Å². The number of alkyl halides is 2. The number of rotatable bonds is 6. The van der Waals surface area contributed by atoms with E-state index in [1.807, 2.05) is 5.32 Å². The molecule has 130 valence electrons. The van der Waals surface area contributed by atoms with Crippen LogP contribution in [-0.2, 0) is 11.3 Å². The van der Waals surface area contributed by atoms with Crippen molar-refractivity contribution in [3.63, 3.8) is 0 Å². The molecule has 0 aliphatic heterocycles. The van der Waals surface area contributed by atoms with Crippen LogP contribution in [0.1, 0.15) is 26.3 Å². The van der Waals surface area contributed by atoms with E-state index in [1.165, 1.54) is 12.1 Å². The monoisotopic (exact) mass is 352 g/mol. The fourth-order valence-corrected chi connectivity index (χ4v) is 1.78. The first-order valence-electron chi connectivity index (χ1n) is 6.98. The van der Waals surface area contributed by atoms with Crippen LogP contribution in [0.15, 0.2) is 18.2 Å². The number of carbonyl (C=O) groups excluding carboxylic acids is 1. The van der Waals surface area contributed by atoms with Gasteiger partial charge in [0, 0.05) is 17.1 Å². The van der Waals surface area contributed by atoms with E-state index in [9.17, 15) is 18.0 Å². The van der Waals surface area contributed by atoms with Crippen LogP contribution < -0.4 is 10.6 Å². The summed E-state index contributed by atoms with van der Waals surface area (Å²) in [6, 6.07) is 4.01. The summed E-state index contributed by atoms with van der Waals surface area (Å²) in [6.45, 7) is 3.22. The maximum Gasteiger partial charge on any atom is 0.407 e. The fourth-order valence-electron chi connectivity index (χ4n) is 1.62. The van der Waals surface area contributed by atoms with Crippen LogP contribution in [0.2, 0.25) is 5.02 Å². The molecule has 0 saturated heterocycles. The van der Waals surface area contributed by atoms with E-state index >= 15 is 0 Å². The molecule has 0 aromatic heterocycles. The second-order valence-electron chi connectivity index (χ2n) is 6.05. The Hall–Kier alpha value is -1.47. The molecule has 0 saturated carbocycles. The number of amides is 1. The predicted octanol–water partition coefficient (Wildman–Crippen LogP) is 3.73. The van der Waals surface area contributed by atoms with Gasteiger partial charge in [-0.25, -0.2) is 18.0 Å². The molecule has 0 aliphatic rings. The number of hydrogen-bond acceptors (Lipinski definition) is 3. The summed E-state index contributed by atoms with van der Waals surface area (Å²) in [5.74, 6) is -3.76. The molecule has 1 aromatic carbocycles. The first kappa shape index (κ1) is 19.6. The van der Waals surface area contributed by atoms with Gasteiger partial charge in [-0.2, -0.15) is 0 Å². The summed E-state index contributed by atoms with van der Waals surface area (Å²) < 4.78 is 45.6. The minimum atomic E-state index is -3.19. The molecule has 2 N–H and O–H groups in total. The molecule has 4 nitrogen and oxygen atoms in total. The van der Waals surface area contributed by atoms with Crippen molar-refractivity contribution in [3.8, 4) is 0 Å². The molecule has 0 heterocycles. The second-order valence-corrected chi connectivity index (χ2v) is 6.49. The second kappa shape index (κ2) is 7.88. The Bertz CT molecular complexity index is 548. The zero-order valence-corrected chi connectivity index (χ0v) is 13.9. The van der Waals surface area contributed by atoms with Crippen molar-refractivity contribution in [1.82, 2.24) is 10.6 Å². The highest BCUT2D eigenvalue weighted by Gasteiger charge is 2.30. The van der Waals surface area contributed by atoms with Crippen molar-refractivity contribution >= 4 is 17.7 Å². The van der Waals surface area contributed by atoms with Gasteiger partial charge in [-0.1, -0.05) is 17.7 Å². The third-order valence-corrected chi connectivity index (χ3v) is 2.84. The van der Waals surface area contributed by atoms with Crippen molar-refractivity contribution < 1.29 is 22.7 Å². The Balaban J connectivity index is 2.39. The standard InChI is InChI=1S/C15H20ClF3N2O2/c1-14(2,3)23-13(22)21-9-15(18,19)8-20-7-10-4-5-11(16)6-12(10)17/h4-6,20H,7-9H2,1-3H3,(H,21,22). The number of ether oxygens (including phenoxy) is 1. The topological polar surface area (TPSA) is 50.4 Å². The Kier molecular flexibility index (Phi) is 6.70. The van der Waals surface area contributed by atoms with E-state index in [0.29, 0.717) is 0 Å². The molecule has 0 spiro atoms. The molecule has 1 aromatic rings. The van der Waals surface area contributed by atoms with E-state index < -0.39 is 36.5 Å². The normalized spacial score (nSPS) is 12.1. The average molecular weight is 353 g/mol. The van der Waals surface area contributed by atoms with Gasteiger partial charge in [0.05, 0.1) is 13.1 Å². The van der Waals surface area contributed by atoms with Gasteiger partial charge in [0.15, 0.2) is 0 Å². The minimum Gasteiger partial charge on any atom is -0.444 e. The summed E-state index contributed by atoms with van der Waals surface area (Å²) in [7, 11) is 0. The summed E-state index contributed by atoms with van der Waals surface area (Å²) in [6.07, 6.45) is -0.916. The molecule has 0 unspecified atom stereocenters. The number of nitrogens with one attached hydrogen (secondary N) is 2. The third-order valence-electron chi connectivity index (χ3n) is 2.60. The number of alkyl carbamates (subject to hydrolysis) is 1. The zero-order chi connectivity index (χ0) is 17.7. The van der Waals surface area contributed by atoms with Gasteiger partial charge in [0.1, 0.15) is 11.4 Å². The van der Waals surface area contributed by atoms with Crippen molar-refractivity contribution in [1.29, 1.82) is 0 Å². The highest BCUT2D eigenvalue weighted by atomic mass is 35.5. The molecular weight excluding hydrogens is 333 g/mol. The van der Waals surface area contributed by atoms with E-state index in [2.05, 4.69) is 5.32 Å². The zero-order valence-electron chi connectivity index (χ0n) is 13.2. The van der Waals surface area contributed by atoms with Gasteiger partial charge in [-0.05, 0) is 32.9 Å². The van der Waals surface area contributed by atoms with Crippen LogP contribution in [-0.4, -0.2) is 30.7 Å². The van der Waals surface area contributed by atoms with E-state index in [1.54, 1.807) is 20.8 Å². The highest BCUT2D eigenvalue weighted by Crippen LogP contribution is 2.16. The van der Waals surface area contributed by atoms with Crippen LogP contribution in [0.3, 0.4) is 0 Å². The van der Waals surface area contributed by atoms with Crippen molar-refractivity contribution in [3.05, 3.63) is 34.6 Å². The molecule has 0 atom stereocenters. The SMILES string of the molecule is CC(C)(C)OC(=O)NCC(F)(F)CNCc1ccc(Cl)cc1F. The maximum atomic E-state index is 13.6. The molecule has 0 bridgehead atoms. The van der Waals surface area contributed by atoms with Crippen molar-refractivity contribution in [2.24, 2.45) is 0 Å². The lowest BCUT2D eigenvalue weighted by atomic mass is 10.2. The number of carbonyl (C=O) groups is 1. The van der Waals surface area contributed by atoms with Crippen molar-refractivity contribution in [2.45, 2.75) is 38.8 Å². The highest BCUT2D eigenvalue weighted by molar-refractivity contribution is 6.30. The van der Waals surface area contributed by atoms with Crippen LogP contribution in [0.5, 0.6) is 0 Å². The molecule has 0 radical (unpaired) electrons. The lowest BCUT2D eigenvalue weighted by molar-refractivity contribution is -0.00380. The molecule has 1 amide bonds. The number of benzene rings is 1. The maximum absolute atomic E-state index is 13.6. The Labute approximate surface area is 138 Å². The molecule has 1 rings (SSSR count). The third kappa shape index (κ3) is 8.08. The quantitative estimate of drug-likeness (QED) is 0.820. The first-order valence-corrected chi connectivity index (χ1v) is 7.36. The molecule has 23 heavy (non-hydrogen) atoms. The van der Waals surface area contributed by atoms with Crippen LogP contribution in [0.25, 0.3) is 0 Å². The van der Waals surface area contributed by atoms with E-state index in [4.69, 9.17) is 16.3 Å². The molecule has 0 fully saturated rings. The summed E-state index contributed by atoms with van der Waals surface area (Å²) in [5.41, 5.74) is -0.533. The Morgan fingerprint density at radius 2 is 1.91 bits per heavy atom. The Morgan fingerprint density at radius 1 is 1.26 bits per heavy atom. The van der Waals surface area contributed by atoms with Gasteiger partial charge in [0.25, 0.3) is 5.92 Å². The first-order chi connectivity index (χ1) is 10.5. The molecule has 8 heteroatoms. The van der Waals surface area contributed by atoms with Gasteiger partial charge in [-0.15, -0.1) is 0 Å². The smallest absolute Gasteiger partial charge is 0.407 e. The molecule has 0 aliphatic carbocycles. The van der Waals surface area contributed by atoms with Gasteiger partial charge < -0.3 is 15.4 Å².